The maximum absolute atomic E-state index is 10.8. The molecular weight excluding hydrogens is 214 g/mol. The van der Waals surface area contributed by atoms with Crippen molar-refractivity contribution in [2.75, 3.05) is 13.1 Å². The molecule has 1 saturated carbocycles. The van der Waals surface area contributed by atoms with Crippen molar-refractivity contribution in [1.29, 1.82) is 0 Å². The summed E-state index contributed by atoms with van der Waals surface area (Å²) in [6.07, 6.45) is 5.05. The van der Waals surface area contributed by atoms with Crippen LogP contribution < -0.4 is 5.32 Å². The van der Waals surface area contributed by atoms with Crippen molar-refractivity contribution in [3.05, 3.63) is 0 Å². The zero-order chi connectivity index (χ0) is 12.9. The number of hydrogen-bond acceptors (Lipinski definition) is 2. The van der Waals surface area contributed by atoms with Crippen LogP contribution in [0, 0.1) is 17.3 Å². The molecule has 0 aliphatic heterocycles. The lowest BCUT2D eigenvalue weighted by Gasteiger charge is -2.27. The lowest BCUT2D eigenvalue weighted by Crippen LogP contribution is -2.30. The number of hydrogen-bond donors (Lipinski definition) is 2. The third kappa shape index (κ3) is 6.06. The summed E-state index contributed by atoms with van der Waals surface area (Å²) >= 11 is 0. The number of carbonyl (C=O) groups is 1. The monoisotopic (exact) mass is 241 g/mol. The molecule has 3 heteroatoms. The first-order valence-corrected chi connectivity index (χ1v) is 6.82. The topological polar surface area (TPSA) is 49.3 Å². The van der Waals surface area contributed by atoms with E-state index in [9.17, 15) is 4.79 Å². The molecule has 17 heavy (non-hydrogen) atoms. The number of carboxylic acid groups (broad SMARTS) is 1. The van der Waals surface area contributed by atoms with Crippen LogP contribution in [0.4, 0.5) is 0 Å². The fraction of sp³-hybridized carbons (Fsp3) is 0.929. The molecule has 0 radical (unpaired) electrons. The lowest BCUT2D eigenvalue weighted by atomic mass is 9.82. The van der Waals surface area contributed by atoms with Crippen LogP contribution in [0.3, 0.4) is 0 Å². The largest absolute Gasteiger partial charge is 0.481 e. The van der Waals surface area contributed by atoms with Gasteiger partial charge in [-0.25, -0.2) is 0 Å². The fourth-order valence-corrected chi connectivity index (χ4v) is 2.38. The van der Waals surface area contributed by atoms with Gasteiger partial charge < -0.3 is 10.4 Å². The van der Waals surface area contributed by atoms with Crippen LogP contribution in [0.5, 0.6) is 0 Å². The van der Waals surface area contributed by atoms with E-state index in [4.69, 9.17) is 5.11 Å². The maximum atomic E-state index is 10.8. The van der Waals surface area contributed by atoms with Crippen LogP contribution in [0.1, 0.15) is 52.9 Å². The Morgan fingerprint density at radius 2 is 1.82 bits per heavy atom. The molecule has 0 aromatic heterocycles. The van der Waals surface area contributed by atoms with Crippen LogP contribution in [-0.4, -0.2) is 24.2 Å². The minimum atomic E-state index is -0.607. The molecule has 2 N–H and O–H groups in total. The van der Waals surface area contributed by atoms with E-state index >= 15 is 0 Å². The van der Waals surface area contributed by atoms with Gasteiger partial charge in [-0.2, -0.15) is 0 Å². The van der Waals surface area contributed by atoms with Crippen molar-refractivity contribution in [3.8, 4) is 0 Å². The van der Waals surface area contributed by atoms with E-state index in [1.54, 1.807) is 0 Å². The summed E-state index contributed by atoms with van der Waals surface area (Å²) in [5.74, 6) is -0.00413. The van der Waals surface area contributed by atoms with Gasteiger partial charge in [0.2, 0.25) is 0 Å². The first-order valence-electron chi connectivity index (χ1n) is 6.82. The molecule has 0 amide bonds. The molecule has 0 spiro atoms. The van der Waals surface area contributed by atoms with Crippen molar-refractivity contribution < 1.29 is 9.90 Å². The predicted octanol–water partition coefficient (Wildman–Crippen LogP) is 2.90. The Kier molecular flexibility index (Phi) is 5.44. The minimum absolute atomic E-state index is 0.0826. The van der Waals surface area contributed by atoms with E-state index < -0.39 is 5.97 Å². The average Bonchev–Trinajstić information content (AvgIpc) is 2.24. The van der Waals surface area contributed by atoms with Gasteiger partial charge in [-0.15, -0.1) is 0 Å². The Morgan fingerprint density at radius 3 is 2.29 bits per heavy atom. The first-order chi connectivity index (χ1) is 7.88. The van der Waals surface area contributed by atoms with Crippen molar-refractivity contribution in [2.45, 2.75) is 52.9 Å². The van der Waals surface area contributed by atoms with Gasteiger partial charge in [-0.05, 0) is 56.5 Å². The Morgan fingerprint density at radius 1 is 1.24 bits per heavy atom. The Labute approximate surface area is 105 Å². The minimum Gasteiger partial charge on any atom is -0.481 e. The van der Waals surface area contributed by atoms with Gasteiger partial charge >= 0.3 is 5.97 Å². The van der Waals surface area contributed by atoms with Gasteiger partial charge in [0.15, 0.2) is 0 Å². The van der Waals surface area contributed by atoms with Crippen molar-refractivity contribution in [1.82, 2.24) is 5.32 Å². The third-order valence-electron chi connectivity index (χ3n) is 3.68. The van der Waals surface area contributed by atoms with Gasteiger partial charge in [0.05, 0.1) is 5.92 Å². The molecule has 1 fully saturated rings. The van der Waals surface area contributed by atoms with E-state index in [2.05, 4.69) is 26.1 Å². The zero-order valence-electron chi connectivity index (χ0n) is 11.5. The summed E-state index contributed by atoms with van der Waals surface area (Å²) in [7, 11) is 0. The molecule has 0 aromatic rings. The molecule has 100 valence electrons. The Balaban J connectivity index is 2.09. The van der Waals surface area contributed by atoms with Crippen molar-refractivity contribution in [3.63, 3.8) is 0 Å². The van der Waals surface area contributed by atoms with Crippen LogP contribution >= 0.6 is 0 Å². The molecule has 0 bridgehead atoms. The standard InChI is InChI=1S/C14H27NO2/c1-14(2,3)8-9-15-10-11-4-6-12(7-5-11)13(16)17/h11-12,15H,4-10H2,1-3H3,(H,16,17). The van der Waals surface area contributed by atoms with E-state index in [0.717, 1.165) is 38.8 Å². The van der Waals surface area contributed by atoms with Crippen LogP contribution in [0.15, 0.2) is 0 Å². The highest BCUT2D eigenvalue weighted by molar-refractivity contribution is 5.69. The van der Waals surface area contributed by atoms with Crippen LogP contribution in [0.25, 0.3) is 0 Å². The Hall–Kier alpha value is -0.570. The molecular formula is C14H27NO2. The number of aliphatic carboxylic acids is 1. The molecule has 1 rings (SSSR count). The smallest absolute Gasteiger partial charge is 0.306 e. The third-order valence-corrected chi connectivity index (χ3v) is 3.68. The second-order valence-electron chi connectivity index (χ2n) is 6.57. The lowest BCUT2D eigenvalue weighted by molar-refractivity contribution is -0.143. The molecule has 0 atom stereocenters. The Bertz CT molecular complexity index is 237. The van der Waals surface area contributed by atoms with Crippen molar-refractivity contribution >= 4 is 5.97 Å². The van der Waals surface area contributed by atoms with Crippen LogP contribution in [0.2, 0.25) is 0 Å². The van der Waals surface area contributed by atoms with E-state index in [1.807, 2.05) is 0 Å². The molecule has 0 saturated heterocycles. The number of rotatable bonds is 5. The number of carboxylic acids is 1. The van der Waals surface area contributed by atoms with Crippen LogP contribution in [-0.2, 0) is 4.79 Å². The summed E-state index contributed by atoms with van der Waals surface area (Å²) in [4.78, 5) is 10.8. The predicted molar refractivity (Wildman–Crippen MR) is 70.0 cm³/mol. The molecule has 0 unspecified atom stereocenters. The first kappa shape index (κ1) is 14.5. The summed E-state index contributed by atoms with van der Waals surface area (Å²) in [6, 6.07) is 0. The quantitative estimate of drug-likeness (QED) is 0.728. The van der Waals surface area contributed by atoms with E-state index in [1.165, 1.54) is 6.42 Å². The molecule has 1 aliphatic rings. The number of nitrogens with one attached hydrogen (secondary N) is 1. The van der Waals surface area contributed by atoms with E-state index in [-0.39, 0.29) is 5.92 Å². The highest BCUT2D eigenvalue weighted by atomic mass is 16.4. The summed E-state index contributed by atoms with van der Waals surface area (Å²) in [5, 5.41) is 12.4. The van der Waals surface area contributed by atoms with Gasteiger partial charge in [0.25, 0.3) is 0 Å². The summed E-state index contributed by atoms with van der Waals surface area (Å²) in [6.45, 7) is 8.90. The maximum Gasteiger partial charge on any atom is 0.306 e. The highest BCUT2D eigenvalue weighted by Gasteiger charge is 2.25. The van der Waals surface area contributed by atoms with Gasteiger partial charge in [0, 0.05) is 0 Å². The normalized spacial score (nSPS) is 25.8. The van der Waals surface area contributed by atoms with Gasteiger partial charge in [0.1, 0.15) is 0 Å². The SMILES string of the molecule is CC(C)(C)CCNCC1CCC(C(=O)O)CC1. The second kappa shape index (κ2) is 6.39. The summed E-state index contributed by atoms with van der Waals surface area (Å²) in [5.41, 5.74) is 0.397. The van der Waals surface area contributed by atoms with Gasteiger partial charge in [-0.3, -0.25) is 4.79 Å². The zero-order valence-corrected chi connectivity index (χ0v) is 11.5. The highest BCUT2D eigenvalue weighted by Crippen LogP contribution is 2.28. The fourth-order valence-electron chi connectivity index (χ4n) is 2.38. The average molecular weight is 241 g/mol. The van der Waals surface area contributed by atoms with E-state index in [0.29, 0.717) is 11.3 Å². The van der Waals surface area contributed by atoms with Gasteiger partial charge in [-0.1, -0.05) is 20.8 Å². The second-order valence-corrected chi connectivity index (χ2v) is 6.57. The molecule has 3 nitrogen and oxygen atoms in total. The molecule has 1 aliphatic carbocycles. The van der Waals surface area contributed by atoms with Crippen molar-refractivity contribution in [2.24, 2.45) is 17.3 Å². The molecule has 0 heterocycles. The molecule has 0 aromatic carbocycles. The summed E-state index contributed by atoms with van der Waals surface area (Å²) < 4.78 is 0.